The Labute approximate surface area is 94.8 Å². The number of nitrogens with one attached hydrogen (secondary N) is 2. The Hall–Kier alpha value is -1.33. The number of ether oxygens (including phenoxy) is 1. The van der Waals surface area contributed by atoms with E-state index in [0.717, 1.165) is 18.9 Å². The third-order valence-corrected chi connectivity index (χ3v) is 2.72. The van der Waals surface area contributed by atoms with E-state index in [-0.39, 0.29) is 12.0 Å². The van der Waals surface area contributed by atoms with Crippen molar-refractivity contribution in [3.05, 3.63) is 18.3 Å². The average molecular weight is 223 g/mol. The van der Waals surface area contributed by atoms with E-state index in [9.17, 15) is 4.79 Å². The maximum Gasteiger partial charge on any atom is 0.230 e. The highest BCUT2D eigenvalue weighted by Gasteiger charge is 2.20. The number of aromatic nitrogens is 1. The number of H-pyrrole nitrogens is 1. The molecular weight excluding hydrogens is 206 g/mol. The number of carbonyl (C=O) groups excluding carboxylic acids is 1. The number of aromatic amines is 1. The molecule has 0 aliphatic carbocycles. The minimum atomic E-state index is -0.00124. The molecule has 1 amide bonds. The summed E-state index contributed by atoms with van der Waals surface area (Å²) in [5, 5.41) is 3.21. The van der Waals surface area contributed by atoms with Crippen molar-refractivity contribution >= 4 is 11.7 Å². The molecule has 1 aromatic heterocycles. The summed E-state index contributed by atoms with van der Waals surface area (Å²) in [6.07, 6.45) is 2.22. The zero-order chi connectivity index (χ0) is 11.4. The number of nitrogens with zero attached hydrogens (tertiary/aromatic N) is 1. The molecular formula is C11H17N3O2. The maximum atomic E-state index is 11.9. The Bertz CT molecular complexity index is 331. The Balaban J connectivity index is 1.87. The van der Waals surface area contributed by atoms with Gasteiger partial charge in [-0.3, -0.25) is 4.79 Å². The SMILES string of the molecule is CN(C(=O)CC1CNCCO1)c1ccc[nH]1. The van der Waals surface area contributed by atoms with E-state index >= 15 is 0 Å². The van der Waals surface area contributed by atoms with Gasteiger partial charge in [0.05, 0.1) is 19.1 Å². The average Bonchev–Trinajstić information content (AvgIpc) is 2.83. The van der Waals surface area contributed by atoms with E-state index in [1.807, 2.05) is 12.1 Å². The van der Waals surface area contributed by atoms with Crippen LogP contribution in [0.2, 0.25) is 0 Å². The molecule has 1 aliphatic heterocycles. The number of rotatable bonds is 3. The van der Waals surface area contributed by atoms with Crippen LogP contribution in [0.1, 0.15) is 6.42 Å². The molecule has 1 saturated heterocycles. The second-order valence-electron chi connectivity index (χ2n) is 3.91. The molecule has 16 heavy (non-hydrogen) atoms. The number of hydrogen-bond acceptors (Lipinski definition) is 3. The Morgan fingerprint density at radius 1 is 1.69 bits per heavy atom. The quantitative estimate of drug-likeness (QED) is 0.777. The minimum absolute atomic E-state index is 0.00124. The molecule has 88 valence electrons. The number of anilines is 1. The van der Waals surface area contributed by atoms with Crippen molar-refractivity contribution in [3.8, 4) is 0 Å². The first kappa shape index (κ1) is 11.2. The van der Waals surface area contributed by atoms with Gasteiger partial charge in [0.25, 0.3) is 0 Å². The maximum absolute atomic E-state index is 11.9. The van der Waals surface area contributed by atoms with Crippen LogP contribution in [-0.2, 0) is 9.53 Å². The summed E-state index contributed by atoms with van der Waals surface area (Å²) < 4.78 is 5.50. The first-order valence-electron chi connectivity index (χ1n) is 5.49. The molecule has 1 aliphatic rings. The van der Waals surface area contributed by atoms with Gasteiger partial charge in [-0.1, -0.05) is 0 Å². The second kappa shape index (κ2) is 5.14. The second-order valence-corrected chi connectivity index (χ2v) is 3.91. The zero-order valence-electron chi connectivity index (χ0n) is 9.40. The Morgan fingerprint density at radius 2 is 2.56 bits per heavy atom. The highest BCUT2D eigenvalue weighted by molar-refractivity contribution is 5.92. The molecule has 0 radical (unpaired) electrons. The molecule has 2 N–H and O–H groups in total. The number of hydrogen-bond donors (Lipinski definition) is 2. The van der Waals surface area contributed by atoms with Gasteiger partial charge in [-0.15, -0.1) is 0 Å². The van der Waals surface area contributed by atoms with E-state index in [0.29, 0.717) is 13.0 Å². The largest absolute Gasteiger partial charge is 0.375 e. The van der Waals surface area contributed by atoms with Crippen LogP contribution in [0, 0.1) is 0 Å². The van der Waals surface area contributed by atoms with Gasteiger partial charge in [-0.2, -0.15) is 0 Å². The highest BCUT2D eigenvalue weighted by Crippen LogP contribution is 2.11. The molecule has 2 heterocycles. The molecule has 1 unspecified atom stereocenters. The van der Waals surface area contributed by atoms with Gasteiger partial charge in [-0.05, 0) is 12.1 Å². The first-order valence-corrected chi connectivity index (χ1v) is 5.49. The summed E-state index contributed by atoms with van der Waals surface area (Å²) in [4.78, 5) is 16.5. The number of carbonyl (C=O) groups is 1. The monoisotopic (exact) mass is 223 g/mol. The van der Waals surface area contributed by atoms with Crippen molar-refractivity contribution in [3.63, 3.8) is 0 Å². The molecule has 1 fully saturated rings. The molecule has 0 aromatic carbocycles. The van der Waals surface area contributed by atoms with E-state index in [1.165, 1.54) is 0 Å². The Kier molecular flexibility index (Phi) is 3.58. The van der Waals surface area contributed by atoms with Crippen molar-refractivity contribution in [2.75, 3.05) is 31.6 Å². The van der Waals surface area contributed by atoms with E-state index in [4.69, 9.17) is 4.74 Å². The van der Waals surface area contributed by atoms with Gasteiger partial charge >= 0.3 is 0 Å². The van der Waals surface area contributed by atoms with Gasteiger partial charge in [0.2, 0.25) is 5.91 Å². The third-order valence-electron chi connectivity index (χ3n) is 2.72. The molecule has 2 rings (SSSR count). The number of amides is 1. The highest BCUT2D eigenvalue weighted by atomic mass is 16.5. The van der Waals surface area contributed by atoms with Crippen molar-refractivity contribution < 1.29 is 9.53 Å². The lowest BCUT2D eigenvalue weighted by Crippen LogP contribution is -2.41. The molecule has 5 heteroatoms. The fourth-order valence-corrected chi connectivity index (χ4v) is 1.75. The van der Waals surface area contributed by atoms with Crippen molar-refractivity contribution in [1.29, 1.82) is 0 Å². The van der Waals surface area contributed by atoms with Gasteiger partial charge < -0.3 is 19.9 Å². The van der Waals surface area contributed by atoms with E-state index in [1.54, 1.807) is 18.1 Å². The van der Waals surface area contributed by atoms with Crippen LogP contribution >= 0.6 is 0 Å². The van der Waals surface area contributed by atoms with Crippen molar-refractivity contribution in [1.82, 2.24) is 10.3 Å². The fraction of sp³-hybridized carbons (Fsp3) is 0.545. The number of morpholine rings is 1. The molecule has 0 bridgehead atoms. The fourth-order valence-electron chi connectivity index (χ4n) is 1.75. The standard InChI is InChI=1S/C11H17N3O2/c1-14(10-3-2-4-13-10)11(15)7-9-8-12-5-6-16-9/h2-4,9,12-13H,5-8H2,1H3. The van der Waals surface area contributed by atoms with Crippen LogP contribution in [0.4, 0.5) is 5.82 Å². The molecule has 0 saturated carbocycles. The summed E-state index contributed by atoms with van der Waals surface area (Å²) in [6, 6.07) is 3.75. The molecule has 0 spiro atoms. The van der Waals surface area contributed by atoms with Gasteiger partial charge in [0, 0.05) is 26.3 Å². The third kappa shape index (κ3) is 2.62. The van der Waals surface area contributed by atoms with Gasteiger partial charge in [0.1, 0.15) is 5.82 Å². The topological polar surface area (TPSA) is 57.4 Å². The summed E-state index contributed by atoms with van der Waals surface area (Å²) in [5.41, 5.74) is 0. The summed E-state index contributed by atoms with van der Waals surface area (Å²) >= 11 is 0. The van der Waals surface area contributed by atoms with Crippen LogP contribution in [0.3, 0.4) is 0 Å². The predicted octanol–water partition coefficient (Wildman–Crippen LogP) is 0.356. The lowest BCUT2D eigenvalue weighted by Gasteiger charge is -2.25. The molecule has 5 nitrogen and oxygen atoms in total. The van der Waals surface area contributed by atoms with Crippen LogP contribution in [0.5, 0.6) is 0 Å². The lowest BCUT2D eigenvalue weighted by molar-refractivity contribution is -0.121. The lowest BCUT2D eigenvalue weighted by atomic mass is 10.2. The molecule has 1 atom stereocenters. The van der Waals surface area contributed by atoms with Crippen molar-refractivity contribution in [2.24, 2.45) is 0 Å². The summed E-state index contributed by atoms with van der Waals surface area (Å²) in [7, 11) is 1.77. The first-order chi connectivity index (χ1) is 7.77. The van der Waals surface area contributed by atoms with Gasteiger partial charge in [0.15, 0.2) is 0 Å². The predicted molar refractivity (Wildman–Crippen MR) is 61.4 cm³/mol. The van der Waals surface area contributed by atoms with Crippen LogP contribution in [0.15, 0.2) is 18.3 Å². The van der Waals surface area contributed by atoms with Crippen molar-refractivity contribution in [2.45, 2.75) is 12.5 Å². The van der Waals surface area contributed by atoms with Crippen LogP contribution in [-0.4, -0.2) is 43.7 Å². The normalized spacial score (nSPS) is 20.7. The van der Waals surface area contributed by atoms with Crippen LogP contribution in [0.25, 0.3) is 0 Å². The van der Waals surface area contributed by atoms with Crippen LogP contribution < -0.4 is 10.2 Å². The van der Waals surface area contributed by atoms with Gasteiger partial charge in [-0.25, -0.2) is 0 Å². The molecule has 1 aromatic rings. The zero-order valence-corrected chi connectivity index (χ0v) is 9.40. The summed E-state index contributed by atoms with van der Waals surface area (Å²) in [5.74, 6) is 0.880. The Morgan fingerprint density at radius 3 is 3.19 bits per heavy atom. The van der Waals surface area contributed by atoms with E-state index < -0.39 is 0 Å². The summed E-state index contributed by atoms with van der Waals surface area (Å²) in [6.45, 7) is 2.31. The van der Waals surface area contributed by atoms with E-state index in [2.05, 4.69) is 10.3 Å². The minimum Gasteiger partial charge on any atom is -0.375 e. The smallest absolute Gasteiger partial charge is 0.230 e.